The number of nitrogens with zero attached hydrogens (tertiary/aromatic N) is 5. The first kappa shape index (κ1) is 19.7. The predicted molar refractivity (Wildman–Crippen MR) is 113 cm³/mol. The van der Waals surface area contributed by atoms with Crippen LogP contribution in [-0.2, 0) is 0 Å². The second-order valence-electron chi connectivity index (χ2n) is 7.42. The van der Waals surface area contributed by atoms with Gasteiger partial charge in [-0.15, -0.1) is 0 Å². The predicted octanol–water partition coefficient (Wildman–Crippen LogP) is 4.42. The highest BCUT2D eigenvalue weighted by molar-refractivity contribution is 7.99. The molecule has 0 saturated carbocycles. The van der Waals surface area contributed by atoms with E-state index in [1.54, 1.807) is 16.9 Å². The Morgan fingerprint density at radius 3 is 2.71 bits per heavy atom. The van der Waals surface area contributed by atoms with E-state index in [0.717, 1.165) is 48.8 Å². The zero-order chi connectivity index (χ0) is 21.4. The van der Waals surface area contributed by atoms with Gasteiger partial charge < -0.3 is 5.32 Å². The van der Waals surface area contributed by atoms with Crippen LogP contribution in [0, 0.1) is 23.0 Å². The Morgan fingerprint density at radius 1 is 1.13 bits per heavy atom. The molecule has 0 spiro atoms. The van der Waals surface area contributed by atoms with Gasteiger partial charge in [-0.2, -0.15) is 15.5 Å². The van der Waals surface area contributed by atoms with Crippen molar-refractivity contribution in [3.63, 3.8) is 0 Å². The molecule has 1 saturated heterocycles. The van der Waals surface area contributed by atoms with Crippen LogP contribution < -0.4 is 5.32 Å². The average molecular weight is 436 g/mol. The number of rotatable bonds is 4. The highest BCUT2D eigenvalue weighted by atomic mass is 32.2. The molecule has 0 amide bonds. The number of halogens is 2. The lowest BCUT2D eigenvalue weighted by Gasteiger charge is -2.22. The SMILES string of the molecule is N#Cc1cnn2cc(-c3cnn([C@H]4CCCNC4)c3)cc(Sc3c(F)cccc3F)c12. The molecule has 5 rings (SSSR count). The summed E-state index contributed by atoms with van der Waals surface area (Å²) >= 11 is 0.949. The molecule has 156 valence electrons. The minimum Gasteiger partial charge on any atom is -0.315 e. The quantitative estimate of drug-likeness (QED) is 0.513. The van der Waals surface area contributed by atoms with Gasteiger partial charge in [-0.05, 0) is 37.6 Å². The molecule has 0 unspecified atom stereocenters. The average Bonchev–Trinajstić information content (AvgIpc) is 3.44. The Balaban J connectivity index is 1.59. The molecule has 0 radical (unpaired) electrons. The fourth-order valence-electron chi connectivity index (χ4n) is 3.84. The van der Waals surface area contributed by atoms with Gasteiger partial charge in [0.15, 0.2) is 0 Å². The molecule has 1 aliphatic rings. The fourth-order valence-corrected chi connectivity index (χ4v) is 4.87. The zero-order valence-electron chi connectivity index (χ0n) is 16.4. The van der Waals surface area contributed by atoms with E-state index in [-0.39, 0.29) is 4.90 Å². The molecule has 1 atom stereocenters. The van der Waals surface area contributed by atoms with Gasteiger partial charge in [0.05, 0.1) is 34.4 Å². The van der Waals surface area contributed by atoms with Crippen LogP contribution in [0.4, 0.5) is 8.78 Å². The number of fused-ring (bicyclic) bond motifs is 1. The van der Waals surface area contributed by atoms with E-state index in [9.17, 15) is 14.0 Å². The smallest absolute Gasteiger partial charge is 0.140 e. The Kier molecular flexibility index (Phi) is 5.18. The highest BCUT2D eigenvalue weighted by Crippen LogP contribution is 2.38. The number of hydrogen-bond acceptors (Lipinski definition) is 5. The Morgan fingerprint density at radius 2 is 1.97 bits per heavy atom. The van der Waals surface area contributed by atoms with Gasteiger partial charge in [-0.25, -0.2) is 13.3 Å². The highest BCUT2D eigenvalue weighted by Gasteiger charge is 2.19. The summed E-state index contributed by atoms with van der Waals surface area (Å²) in [4.78, 5) is 0.429. The van der Waals surface area contributed by atoms with Crippen molar-refractivity contribution in [1.82, 2.24) is 24.7 Å². The van der Waals surface area contributed by atoms with E-state index in [0.29, 0.717) is 22.0 Å². The second-order valence-corrected chi connectivity index (χ2v) is 8.47. The fraction of sp³-hybridized carbons (Fsp3) is 0.227. The number of aromatic nitrogens is 4. The molecule has 4 aromatic rings. The summed E-state index contributed by atoms with van der Waals surface area (Å²) in [6.07, 6.45) is 9.18. The van der Waals surface area contributed by atoms with Crippen molar-refractivity contribution in [3.05, 3.63) is 66.3 Å². The molecule has 1 N–H and O–H groups in total. The van der Waals surface area contributed by atoms with Crippen molar-refractivity contribution in [3.8, 4) is 17.2 Å². The normalized spacial score (nSPS) is 16.5. The molecule has 31 heavy (non-hydrogen) atoms. The molecular formula is C22H18F2N6S. The first-order valence-electron chi connectivity index (χ1n) is 9.92. The third kappa shape index (κ3) is 3.69. The lowest BCUT2D eigenvalue weighted by molar-refractivity contribution is 0.347. The van der Waals surface area contributed by atoms with Crippen LogP contribution in [0.2, 0.25) is 0 Å². The summed E-state index contributed by atoms with van der Waals surface area (Å²) in [6, 6.07) is 7.99. The summed E-state index contributed by atoms with van der Waals surface area (Å²) in [5.41, 5.74) is 2.53. The van der Waals surface area contributed by atoms with Crippen molar-refractivity contribution in [2.75, 3.05) is 13.1 Å². The third-order valence-corrected chi connectivity index (χ3v) is 6.53. The van der Waals surface area contributed by atoms with Gasteiger partial charge >= 0.3 is 0 Å². The van der Waals surface area contributed by atoms with Gasteiger partial charge in [0.1, 0.15) is 17.7 Å². The Hall–Kier alpha value is -3.22. The standard InChI is InChI=1S/C22H18F2N6S/c23-18-4-1-5-19(24)22(18)31-20-7-14(12-30-21(20)15(8-25)9-28-30)16-10-27-29(13-16)17-3-2-6-26-11-17/h1,4-5,7,9-10,12-13,17,26H,2-3,6,11H2/t17-/m0/s1. The molecule has 0 aliphatic carbocycles. The van der Waals surface area contributed by atoms with E-state index >= 15 is 0 Å². The van der Waals surface area contributed by atoms with E-state index in [1.807, 2.05) is 16.9 Å². The topological polar surface area (TPSA) is 70.9 Å². The lowest BCUT2D eigenvalue weighted by atomic mass is 10.1. The molecule has 0 bridgehead atoms. The van der Waals surface area contributed by atoms with E-state index in [2.05, 4.69) is 21.6 Å². The first-order chi connectivity index (χ1) is 15.1. The van der Waals surface area contributed by atoms with Crippen molar-refractivity contribution in [2.24, 2.45) is 0 Å². The summed E-state index contributed by atoms with van der Waals surface area (Å²) in [5.74, 6) is -1.30. The number of benzene rings is 1. The number of hydrogen-bond donors (Lipinski definition) is 1. The Labute approximate surface area is 181 Å². The maximum atomic E-state index is 14.3. The maximum absolute atomic E-state index is 14.3. The van der Waals surface area contributed by atoms with Crippen LogP contribution in [-0.4, -0.2) is 32.5 Å². The number of piperidine rings is 1. The third-order valence-electron chi connectivity index (χ3n) is 5.41. The van der Waals surface area contributed by atoms with Crippen LogP contribution in [0.5, 0.6) is 0 Å². The van der Waals surface area contributed by atoms with Crippen molar-refractivity contribution >= 4 is 17.3 Å². The maximum Gasteiger partial charge on any atom is 0.140 e. The lowest BCUT2D eigenvalue weighted by Crippen LogP contribution is -2.31. The van der Waals surface area contributed by atoms with E-state index < -0.39 is 11.6 Å². The Bertz CT molecular complexity index is 1280. The number of nitriles is 1. The van der Waals surface area contributed by atoms with Crippen molar-refractivity contribution < 1.29 is 8.78 Å². The summed E-state index contributed by atoms with van der Waals surface area (Å²) in [7, 11) is 0. The molecule has 1 fully saturated rings. The van der Waals surface area contributed by atoms with Crippen molar-refractivity contribution in [1.29, 1.82) is 5.26 Å². The molecule has 3 aromatic heterocycles. The minimum atomic E-state index is -0.649. The van der Waals surface area contributed by atoms with Crippen molar-refractivity contribution in [2.45, 2.75) is 28.7 Å². The molecule has 6 nitrogen and oxygen atoms in total. The number of nitrogens with one attached hydrogen (secondary N) is 1. The summed E-state index contributed by atoms with van der Waals surface area (Å²) in [6.45, 7) is 1.90. The second kappa shape index (κ2) is 8.13. The van der Waals surface area contributed by atoms with E-state index in [4.69, 9.17) is 0 Å². The minimum absolute atomic E-state index is 0.115. The molecule has 1 aromatic carbocycles. The number of pyridine rings is 1. The zero-order valence-corrected chi connectivity index (χ0v) is 17.2. The molecule has 9 heteroatoms. The monoisotopic (exact) mass is 436 g/mol. The van der Waals surface area contributed by atoms with E-state index in [1.165, 1.54) is 24.4 Å². The van der Waals surface area contributed by atoms with Crippen LogP contribution in [0.15, 0.2) is 58.8 Å². The van der Waals surface area contributed by atoms with Gasteiger partial charge in [-0.1, -0.05) is 17.8 Å². The van der Waals surface area contributed by atoms with Crippen LogP contribution in [0.1, 0.15) is 24.4 Å². The molecule has 4 heterocycles. The van der Waals surface area contributed by atoms with Crippen LogP contribution in [0.25, 0.3) is 16.6 Å². The summed E-state index contributed by atoms with van der Waals surface area (Å²) in [5, 5.41) is 21.7. The largest absolute Gasteiger partial charge is 0.315 e. The van der Waals surface area contributed by atoms with Crippen LogP contribution in [0.3, 0.4) is 0 Å². The molecule has 1 aliphatic heterocycles. The van der Waals surface area contributed by atoms with Gasteiger partial charge in [0, 0.05) is 35.0 Å². The van der Waals surface area contributed by atoms with Gasteiger partial charge in [-0.3, -0.25) is 4.68 Å². The van der Waals surface area contributed by atoms with Gasteiger partial charge in [0.25, 0.3) is 0 Å². The molecular weight excluding hydrogens is 418 g/mol. The van der Waals surface area contributed by atoms with Gasteiger partial charge in [0.2, 0.25) is 0 Å². The van der Waals surface area contributed by atoms with Crippen LogP contribution >= 0.6 is 11.8 Å². The summed E-state index contributed by atoms with van der Waals surface area (Å²) < 4.78 is 32.2. The first-order valence-corrected chi connectivity index (χ1v) is 10.7.